The van der Waals surface area contributed by atoms with Gasteiger partial charge in [0.2, 0.25) is 0 Å². The van der Waals surface area contributed by atoms with Crippen LogP contribution in [0, 0.1) is 5.82 Å². The highest BCUT2D eigenvalue weighted by Crippen LogP contribution is 2.27. The number of carboxylic acids is 1. The third kappa shape index (κ3) is 3.80. The van der Waals surface area contributed by atoms with Crippen LogP contribution >= 0.6 is 11.6 Å². The zero-order valence-corrected chi connectivity index (χ0v) is 14.8. The summed E-state index contributed by atoms with van der Waals surface area (Å²) in [5.74, 6) is -1.57. The number of likely N-dealkylation sites (tertiary alicyclic amines) is 1. The molecule has 0 bridgehead atoms. The van der Waals surface area contributed by atoms with E-state index < -0.39 is 29.4 Å². The Balaban J connectivity index is 2.30. The van der Waals surface area contributed by atoms with Crippen molar-refractivity contribution in [2.75, 3.05) is 6.54 Å². The number of carboxylic acid groups (broad SMARTS) is 1. The average Bonchev–Trinajstić information content (AvgIpc) is 2.96. The summed E-state index contributed by atoms with van der Waals surface area (Å²) in [4.78, 5) is 27.1. The first-order valence-corrected chi connectivity index (χ1v) is 8.24. The Hall–Kier alpha value is -1.82. The maximum absolute atomic E-state index is 14.2. The third-order valence-corrected chi connectivity index (χ3v) is 4.48. The van der Waals surface area contributed by atoms with Crippen LogP contribution in [0.2, 0.25) is 5.02 Å². The lowest BCUT2D eigenvalue weighted by atomic mass is 10.0. The van der Waals surface area contributed by atoms with Gasteiger partial charge >= 0.3 is 12.0 Å². The third-order valence-electron chi connectivity index (χ3n) is 4.18. The van der Waals surface area contributed by atoms with E-state index in [9.17, 15) is 19.1 Å². The highest BCUT2D eigenvalue weighted by Gasteiger charge is 2.39. The molecule has 1 aromatic carbocycles. The fraction of sp³-hybridized carbons (Fsp3) is 0.529. The summed E-state index contributed by atoms with van der Waals surface area (Å²) in [7, 11) is 0. The molecular formula is C17H22ClFN2O3. The van der Waals surface area contributed by atoms with Gasteiger partial charge in [0, 0.05) is 17.6 Å². The second-order valence-corrected chi connectivity index (χ2v) is 7.35. The summed E-state index contributed by atoms with van der Waals surface area (Å²) < 4.78 is 14.2. The van der Waals surface area contributed by atoms with Crippen LogP contribution in [0.15, 0.2) is 18.2 Å². The molecule has 1 N–H and O–H groups in total. The average molecular weight is 357 g/mol. The predicted molar refractivity (Wildman–Crippen MR) is 89.5 cm³/mol. The number of hydrogen-bond donors (Lipinski definition) is 1. The number of halogens is 2. The van der Waals surface area contributed by atoms with Crippen molar-refractivity contribution in [1.82, 2.24) is 9.80 Å². The number of carbonyl (C=O) groups is 2. The van der Waals surface area contributed by atoms with Gasteiger partial charge in [-0.2, -0.15) is 0 Å². The van der Waals surface area contributed by atoms with Crippen LogP contribution in [0.3, 0.4) is 0 Å². The molecule has 1 saturated heterocycles. The van der Waals surface area contributed by atoms with Gasteiger partial charge in [-0.05, 0) is 39.7 Å². The van der Waals surface area contributed by atoms with Crippen LogP contribution < -0.4 is 0 Å². The summed E-state index contributed by atoms with van der Waals surface area (Å²) >= 11 is 5.82. The Morgan fingerprint density at radius 3 is 2.67 bits per heavy atom. The molecule has 1 aliphatic heterocycles. The van der Waals surface area contributed by atoms with Gasteiger partial charge in [-0.15, -0.1) is 0 Å². The van der Waals surface area contributed by atoms with Crippen LogP contribution in [-0.4, -0.2) is 45.0 Å². The van der Waals surface area contributed by atoms with Crippen LogP contribution in [0.1, 0.15) is 39.2 Å². The summed E-state index contributed by atoms with van der Waals surface area (Å²) in [5.41, 5.74) is -0.297. The van der Waals surface area contributed by atoms with Crippen LogP contribution in [0.5, 0.6) is 0 Å². The Bertz CT molecular complexity index is 645. The van der Waals surface area contributed by atoms with Gasteiger partial charge in [0.25, 0.3) is 0 Å². The molecule has 1 aromatic rings. The lowest BCUT2D eigenvalue weighted by Crippen LogP contribution is -2.54. The summed E-state index contributed by atoms with van der Waals surface area (Å²) in [5, 5.41) is 9.30. The van der Waals surface area contributed by atoms with Crippen molar-refractivity contribution in [2.45, 2.75) is 51.7 Å². The molecule has 0 aliphatic carbocycles. The first kappa shape index (κ1) is 18.5. The van der Waals surface area contributed by atoms with Crippen molar-refractivity contribution in [2.24, 2.45) is 0 Å². The lowest BCUT2D eigenvalue weighted by Gasteiger charge is -2.39. The Morgan fingerprint density at radius 1 is 1.42 bits per heavy atom. The summed E-state index contributed by atoms with van der Waals surface area (Å²) in [6.07, 6.45) is 1.08. The van der Waals surface area contributed by atoms with E-state index in [1.807, 2.05) is 20.8 Å². The van der Waals surface area contributed by atoms with E-state index in [1.165, 1.54) is 15.9 Å². The van der Waals surface area contributed by atoms with Gasteiger partial charge < -0.3 is 14.9 Å². The molecule has 0 radical (unpaired) electrons. The van der Waals surface area contributed by atoms with E-state index in [2.05, 4.69) is 0 Å². The highest BCUT2D eigenvalue weighted by molar-refractivity contribution is 6.30. The number of aliphatic carboxylic acids is 1. The maximum Gasteiger partial charge on any atom is 0.326 e. The summed E-state index contributed by atoms with van der Waals surface area (Å²) in [6, 6.07) is 3.43. The molecule has 5 nitrogen and oxygen atoms in total. The molecule has 0 unspecified atom stereocenters. The van der Waals surface area contributed by atoms with E-state index in [0.717, 1.165) is 0 Å². The van der Waals surface area contributed by atoms with E-state index in [-0.39, 0.29) is 11.6 Å². The Morgan fingerprint density at radius 2 is 2.08 bits per heavy atom. The van der Waals surface area contributed by atoms with Crippen LogP contribution in [0.25, 0.3) is 0 Å². The molecule has 0 spiro atoms. The van der Waals surface area contributed by atoms with Crippen LogP contribution in [0.4, 0.5) is 9.18 Å². The van der Waals surface area contributed by atoms with Crippen molar-refractivity contribution in [1.29, 1.82) is 0 Å². The van der Waals surface area contributed by atoms with Crippen molar-refractivity contribution >= 4 is 23.6 Å². The van der Waals surface area contributed by atoms with Gasteiger partial charge in [0.15, 0.2) is 0 Å². The number of urea groups is 1. The smallest absolute Gasteiger partial charge is 0.326 e. The van der Waals surface area contributed by atoms with Gasteiger partial charge in [0.1, 0.15) is 11.9 Å². The van der Waals surface area contributed by atoms with E-state index in [0.29, 0.717) is 24.9 Å². The number of rotatable bonds is 3. The maximum atomic E-state index is 14.2. The molecule has 2 rings (SSSR count). The standard InChI is InChI=1S/C17H22ClFN2O3/c1-17(2,3)21(10-11-6-4-7-12(18)14(11)19)16(24)20-9-5-8-13(20)15(22)23/h4,6-7,13H,5,8-10H2,1-3H3,(H,22,23)/t13-/m0/s1. The topological polar surface area (TPSA) is 60.9 Å². The number of carbonyl (C=O) groups excluding carboxylic acids is 1. The first-order chi connectivity index (χ1) is 11.1. The number of nitrogens with zero attached hydrogens (tertiary/aromatic N) is 2. The molecular weight excluding hydrogens is 335 g/mol. The monoisotopic (exact) mass is 356 g/mol. The van der Waals surface area contributed by atoms with Crippen LogP contribution in [-0.2, 0) is 11.3 Å². The van der Waals surface area contributed by atoms with Gasteiger partial charge in [-0.1, -0.05) is 23.7 Å². The van der Waals surface area contributed by atoms with Crippen molar-refractivity contribution in [3.8, 4) is 0 Å². The van der Waals surface area contributed by atoms with Crippen molar-refractivity contribution in [3.05, 3.63) is 34.6 Å². The quantitative estimate of drug-likeness (QED) is 0.897. The molecule has 2 amide bonds. The zero-order valence-electron chi connectivity index (χ0n) is 14.1. The van der Waals surface area contributed by atoms with E-state index >= 15 is 0 Å². The highest BCUT2D eigenvalue weighted by atomic mass is 35.5. The first-order valence-electron chi connectivity index (χ1n) is 7.87. The minimum atomic E-state index is -1.01. The predicted octanol–water partition coefficient (Wildman–Crippen LogP) is 3.75. The largest absolute Gasteiger partial charge is 0.480 e. The number of amides is 2. The van der Waals surface area contributed by atoms with E-state index in [1.54, 1.807) is 12.1 Å². The molecule has 24 heavy (non-hydrogen) atoms. The molecule has 1 fully saturated rings. The zero-order chi connectivity index (χ0) is 18.1. The normalized spacial score (nSPS) is 17.9. The molecule has 132 valence electrons. The fourth-order valence-corrected chi connectivity index (χ4v) is 3.03. The molecule has 0 aromatic heterocycles. The fourth-order valence-electron chi connectivity index (χ4n) is 2.84. The van der Waals surface area contributed by atoms with Gasteiger partial charge in [-0.25, -0.2) is 14.0 Å². The molecule has 0 saturated carbocycles. The SMILES string of the molecule is CC(C)(C)N(Cc1cccc(Cl)c1F)C(=O)N1CCC[C@H]1C(=O)O. The number of hydrogen-bond acceptors (Lipinski definition) is 2. The summed E-state index contributed by atoms with van der Waals surface area (Å²) in [6.45, 7) is 5.91. The minimum Gasteiger partial charge on any atom is -0.480 e. The molecule has 1 aliphatic rings. The Labute approximate surface area is 146 Å². The second-order valence-electron chi connectivity index (χ2n) is 6.94. The molecule has 1 atom stereocenters. The molecule has 1 heterocycles. The lowest BCUT2D eigenvalue weighted by molar-refractivity contribution is -0.141. The Kier molecular flexibility index (Phi) is 5.38. The number of benzene rings is 1. The van der Waals surface area contributed by atoms with Gasteiger partial charge in [-0.3, -0.25) is 0 Å². The van der Waals surface area contributed by atoms with Crippen molar-refractivity contribution < 1.29 is 19.1 Å². The van der Waals surface area contributed by atoms with Crippen molar-refractivity contribution in [3.63, 3.8) is 0 Å². The van der Waals surface area contributed by atoms with E-state index in [4.69, 9.17) is 11.6 Å². The van der Waals surface area contributed by atoms with Gasteiger partial charge in [0.05, 0.1) is 11.6 Å². The second kappa shape index (κ2) is 6.97. The minimum absolute atomic E-state index is 0.00149. The molecule has 7 heteroatoms.